The third-order valence-electron chi connectivity index (χ3n) is 3.87. The molecule has 5 nitrogen and oxygen atoms in total. The fourth-order valence-electron chi connectivity index (χ4n) is 2.43. The molecule has 0 fully saturated rings. The lowest BCUT2D eigenvalue weighted by Crippen LogP contribution is -2.25. The van der Waals surface area contributed by atoms with Crippen molar-refractivity contribution in [2.75, 3.05) is 12.3 Å². The number of aryl methyl sites for hydroxylation is 1. The zero-order valence-electron chi connectivity index (χ0n) is 14.9. The van der Waals surface area contributed by atoms with E-state index in [2.05, 4.69) is 21.4 Å². The Morgan fingerprint density at radius 1 is 1.21 bits per heavy atom. The third kappa shape index (κ3) is 4.68. The molecule has 0 radical (unpaired) electrons. The number of benzene rings is 2. The number of carbonyl (C=O) groups excluding carboxylic acids is 1. The highest BCUT2D eigenvalue weighted by atomic mass is 35.5. The van der Waals surface area contributed by atoms with Crippen LogP contribution in [0.15, 0.2) is 47.6 Å². The SMILES string of the molecule is C#CCNC(=O)CSc1nnc(-c2ccc(Cl)cc2)n1-c1ccc(C)c(Cl)c1. The molecule has 1 amide bonds. The van der Waals surface area contributed by atoms with Crippen LogP contribution in [0.25, 0.3) is 17.1 Å². The number of nitrogens with zero attached hydrogens (tertiary/aromatic N) is 3. The average molecular weight is 431 g/mol. The Balaban J connectivity index is 2.00. The van der Waals surface area contributed by atoms with Crippen LogP contribution < -0.4 is 5.32 Å². The summed E-state index contributed by atoms with van der Waals surface area (Å²) in [5.74, 6) is 3.00. The number of halogens is 2. The van der Waals surface area contributed by atoms with E-state index in [0.29, 0.717) is 21.0 Å². The van der Waals surface area contributed by atoms with Crippen LogP contribution in [0.2, 0.25) is 10.0 Å². The topological polar surface area (TPSA) is 59.8 Å². The molecule has 28 heavy (non-hydrogen) atoms. The second kappa shape index (κ2) is 9.16. The van der Waals surface area contributed by atoms with Crippen molar-refractivity contribution in [3.05, 3.63) is 58.1 Å². The summed E-state index contributed by atoms with van der Waals surface area (Å²) in [7, 11) is 0. The van der Waals surface area contributed by atoms with Crippen LogP contribution in [-0.2, 0) is 4.79 Å². The Morgan fingerprint density at radius 3 is 2.64 bits per heavy atom. The highest BCUT2D eigenvalue weighted by Crippen LogP contribution is 2.30. The van der Waals surface area contributed by atoms with Gasteiger partial charge in [0.05, 0.1) is 18.0 Å². The van der Waals surface area contributed by atoms with Gasteiger partial charge in [-0.25, -0.2) is 0 Å². The molecule has 8 heteroatoms. The summed E-state index contributed by atoms with van der Waals surface area (Å²) in [5, 5.41) is 13.1. The lowest BCUT2D eigenvalue weighted by Gasteiger charge is -2.11. The van der Waals surface area contributed by atoms with E-state index in [1.54, 1.807) is 12.1 Å². The minimum absolute atomic E-state index is 0.167. The van der Waals surface area contributed by atoms with Crippen molar-refractivity contribution in [3.63, 3.8) is 0 Å². The fourth-order valence-corrected chi connectivity index (χ4v) is 3.52. The zero-order valence-corrected chi connectivity index (χ0v) is 17.3. The van der Waals surface area contributed by atoms with Gasteiger partial charge >= 0.3 is 0 Å². The van der Waals surface area contributed by atoms with Crippen LogP contribution in [0.4, 0.5) is 0 Å². The normalized spacial score (nSPS) is 10.5. The fraction of sp³-hybridized carbons (Fsp3) is 0.150. The molecule has 142 valence electrons. The van der Waals surface area contributed by atoms with Gasteiger partial charge in [-0.2, -0.15) is 0 Å². The van der Waals surface area contributed by atoms with Gasteiger partial charge in [0.1, 0.15) is 0 Å². The minimum Gasteiger partial charge on any atom is -0.344 e. The number of amides is 1. The van der Waals surface area contributed by atoms with E-state index in [0.717, 1.165) is 16.8 Å². The van der Waals surface area contributed by atoms with E-state index >= 15 is 0 Å². The van der Waals surface area contributed by atoms with Crippen LogP contribution in [0, 0.1) is 19.3 Å². The number of aromatic nitrogens is 3. The van der Waals surface area contributed by atoms with Crippen molar-refractivity contribution >= 4 is 40.9 Å². The maximum absolute atomic E-state index is 11.9. The summed E-state index contributed by atoms with van der Waals surface area (Å²) in [5.41, 5.74) is 2.61. The predicted octanol–water partition coefficient (Wildman–Crippen LogP) is 4.39. The van der Waals surface area contributed by atoms with Gasteiger partial charge in [-0.3, -0.25) is 9.36 Å². The number of thioether (sulfide) groups is 1. The molecule has 0 bridgehead atoms. The molecule has 0 aliphatic rings. The van der Waals surface area contributed by atoms with Crippen LogP contribution in [-0.4, -0.2) is 33.0 Å². The molecule has 1 N–H and O–H groups in total. The molecule has 3 aromatic rings. The van der Waals surface area contributed by atoms with Gasteiger partial charge in [0, 0.05) is 15.6 Å². The van der Waals surface area contributed by atoms with Gasteiger partial charge in [-0.1, -0.05) is 47.0 Å². The maximum Gasteiger partial charge on any atom is 0.231 e. The molecule has 1 heterocycles. The number of hydrogen-bond acceptors (Lipinski definition) is 4. The van der Waals surface area contributed by atoms with Gasteiger partial charge in [0.2, 0.25) is 5.91 Å². The van der Waals surface area contributed by atoms with Crippen molar-refractivity contribution in [2.45, 2.75) is 12.1 Å². The van der Waals surface area contributed by atoms with Crippen LogP contribution >= 0.6 is 35.0 Å². The van der Waals surface area contributed by atoms with E-state index in [1.807, 2.05) is 41.8 Å². The maximum atomic E-state index is 11.9. The summed E-state index contributed by atoms with van der Waals surface area (Å²) in [6.07, 6.45) is 5.17. The minimum atomic E-state index is -0.174. The van der Waals surface area contributed by atoms with Crippen LogP contribution in [0.3, 0.4) is 0 Å². The number of rotatable bonds is 6. The van der Waals surface area contributed by atoms with Gasteiger partial charge in [-0.15, -0.1) is 16.6 Å². The average Bonchev–Trinajstić information content (AvgIpc) is 3.11. The monoisotopic (exact) mass is 430 g/mol. The van der Waals surface area contributed by atoms with Gasteiger partial charge in [0.25, 0.3) is 0 Å². The Morgan fingerprint density at radius 2 is 1.96 bits per heavy atom. The predicted molar refractivity (Wildman–Crippen MR) is 114 cm³/mol. The van der Waals surface area contributed by atoms with E-state index < -0.39 is 0 Å². The van der Waals surface area contributed by atoms with E-state index in [-0.39, 0.29) is 18.2 Å². The van der Waals surface area contributed by atoms with E-state index in [1.165, 1.54) is 11.8 Å². The number of carbonyl (C=O) groups is 1. The van der Waals surface area contributed by atoms with Crippen molar-refractivity contribution in [1.29, 1.82) is 0 Å². The van der Waals surface area contributed by atoms with E-state index in [4.69, 9.17) is 29.6 Å². The van der Waals surface area contributed by atoms with Gasteiger partial charge in [-0.05, 0) is 48.9 Å². The quantitative estimate of drug-likeness (QED) is 0.465. The van der Waals surface area contributed by atoms with Crippen molar-refractivity contribution in [2.24, 2.45) is 0 Å². The molecule has 0 unspecified atom stereocenters. The highest BCUT2D eigenvalue weighted by Gasteiger charge is 2.18. The number of terminal acetylenes is 1. The van der Waals surface area contributed by atoms with Crippen molar-refractivity contribution in [3.8, 4) is 29.4 Å². The molecule has 1 aromatic heterocycles. The first-order valence-corrected chi connectivity index (χ1v) is 10.0. The number of nitrogens with one attached hydrogen (secondary N) is 1. The zero-order chi connectivity index (χ0) is 20.1. The van der Waals surface area contributed by atoms with E-state index in [9.17, 15) is 4.79 Å². The molecule has 0 atom stereocenters. The summed E-state index contributed by atoms with van der Waals surface area (Å²) >= 11 is 13.6. The summed E-state index contributed by atoms with van der Waals surface area (Å²) in [6.45, 7) is 2.12. The Kier molecular flexibility index (Phi) is 6.63. The summed E-state index contributed by atoms with van der Waals surface area (Å²) in [4.78, 5) is 11.9. The van der Waals surface area contributed by atoms with Crippen molar-refractivity contribution < 1.29 is 4.79 Å². The summed E-state index contributed by atoms with van der Waals surface area (Å²) in [6, 6.07) is 13.0. The van der Waals surface area contributed by atoms with Crippen molar-refractivity contribution in [1.82, 2.24) is 20.1 Å². The largest absolute Gasteiger partial charge is 0.344 e. The molecule has 0 aliphatic carbocycles. The van der Waals surface area contributed by atoms with Gasteiger partial charge in [0.15, 0.2) is 11.0 Å². The smallest absolute Gasteiger partial charge is 0.231 e. The summed E-state index contributed by atoms with van der Waals surface area (Å²) < 4.78 is 1.87. The second-order valence-electron chi connectivity index (χ2n) is 5.85. The Bertz CT molecular complexity index is 1040. The first-order valence-electron chi connectivity index (χ1n) is 8.30. The lowest BCUT2D eigenvalue weighted by atomic mass is 10.2. The molecular formula is C20H16Cl2N4OS. The first kappa shape index (κ1) is 20.3. The Labute approximate surface area is 177 Å². The highest BCUT2D eigenvalue weighted by molar-refractivity contribution is 7.99. The molecule has 3 rings (SSSR count). The molecule has 0 spiro atoms. The Hall–Kier alpha value is -2.46. The number of hydrogen-bond donors (Lipinski definition) is 1. The molecule has 0 saturated heterocycles. The van der Waals surface area contributed by atoms with Crippen LogP contribution in [0.1, 0.15) is 5.56 Å². The third-order valence-corrected chi connectivity index (χ3v) is 5.46. The second-order valence-corrected chi connectivity index (χ2v) is 7.64. The standard InChI is InChI=1S/C20H16Cl2N4OS/c1-3-10-23-18(27)12-28-20-25-24-19(14-5-7-15(21)8-6-14)26(20)16-9-4-13(2)17(22)11-16/h1,4-9,11H,10,12H2,2H3,(H,23,27). The molecular weight excluding hydrogens is 415 g/mol. The first-order chi connectivity index (χ1) is 13.5. The van der Waals surface area contributed by atoms with Gasteiger partial charge < -0.3 is 5.32 Å². The molecule has 0 saturated carbocycles. The molecule has 0 aliphatic heterocycles. The van der Waals surface area contributed by atoms with Crippen LogP contribution in [0.5, 0.6) is 0 Å². The molecule has 2 aromatic carbocycles. The lowest BCUT2D eigenvalue weighted by molar-refractivity contribution is -0.118.